The van der Waals surface area contributed by atoms with E-state index in [-0.39, 0.29) is 18.2 Å². The van der Waals surface area contributed by atoms with Crippen molar-refractivity contribution in [3.63, 3.8) is 0 Å². The van der Waals surface area contributed by atoms with E-state index in [0.717, 1.165) is 67.6 Å². The van der Waals surface area contributed by atoms with Gasteiger partial charge in [-0.1, -0.05) is 25.3 Å². The second-order valence-electron chi connectivity index (χ2n) is 7.67. The van der Waals surface area contributed by atoms with Crippen LogP contribution in [0.2, 0.25) is 0 Å². The van der Waals surface area contributed by atoms with Crippen molar-refractivity contribution in [3.8, 4) is 0 Å². The first kappa shape index (κ1) is 20.9. The lowest BCUT2D eigenvalue weighted by Gasteiger charge is -2.16. The number of hydrogen-bond acceptors (Lipinski definition) is 5. The average Bonchev–Trinajstić information content (AvgIpc) is 2.69. The molecule has 0 saturated heterocycles. The number of fused-ring (bicyclic) bond motifs is 1. The second kappa shape index (κ2) is 10.1. The molecular weight excluding hydrogens is 368 g/mol. The Morgan fingerprint density at radius 1 is 1.14 bits per heavy atom. The number of aryl methyl sites for hydroxylation is 3. The fourth-order valence-corrected chi connectivity index (χ4v) is 3.68. The molecule has 2 aromatic heterocycles. The summed E-state index contributed by atoms with van der Waals surface area (Å²) in [6.07, 6.45) is 10.7. The van der Waals surface area contributed by atoms with Gasteiger partial charge in [-0.05, 0) is 55.7 Å². The van der Waals surface area contributed by atoms with Gasteiger partial charge in [-0.2, -0.15) is 0 Å². The molecule has 1 unspecified atom stereocenters. The van der Waals surface area contributed by atoms with Crippen molar-refractivity contribution in [2.45, 2.75) is 70.6 Å². The number of nitrogens with zero attached hydrogens (tertiary/aromatic N) is 3. The second-order valence-corrected chi connectivity index (χ2v) is 7.67. The zero-order valence-corrected chi connectivity index (χ0v) is 16.9. The summed E-state index contributed by atoms with van der Waals surface area (Å²) in [7, 11) is 0. The zero-order valence-electron chi connectivity index (χ0n) is 16.9. The Morgan fingerprint density at radius 2 is 1.90 bits per heavy atom. The van der Waals surface area contributed by atoms with Crippen LogP contribution in [0.3, 0.4) is 0 Å². The maximum atomic E-state index is 11.5. The number of hydrogen-bond donors (Lipinski definition) is 2. The molecule has 0 saturated carbocycles. The van der Waals surface area contributed by atoms with Gasteiger partial charge in [-0.3, -0.25) is 9.59 Å². The summed E-state index contributed by atoms with van der Waals surface area (Å²) in [6, 6.07) is 4.12. The highest BCUT2D eigenvalue weighted by molar-refractivity contribution is 5.92. The molecule has 1 aliphatic heterocycles. The third-order valence-corrected chi connectivity index (χ3v) is 5.34. The quantitative estimate of drug-likeness (QED) is 0.592. The number of carbonyl (C=O) groups excluding carboxylic acids is 1. The fourth-order valence-electron chi connectivity index (χ4n) is 3.68. The maximum Gasteiger partial charge on any atom is 0.303 e. The minimum absolute atomic E-state index is 0.0389. The molecule has 2 aromatic rings. The van der Waals surface area contributed by atoms with Crippen molar-refractivity contribution in [1.82, 2.24) is 15.0 Å². The number of carboxylic acid groups (broad SMARTS) is 1. The summed E-state index contributed by atoms with van der Waals surface area (Å²) in [5.74, 6) is 0.617. The van der Waals surface area contributed by atoms with Gasteiger partial charge < -0.3 is 10.4 Å². The third kappa shape index (κ3) is 6.34. The number of anilines is 1. The van der Waals surface area contributed by atoms with E-state index >= 15 is 0 Å². The third-order valence-electron chi connectivity index (χ3n) is 5.34. The predicted molar refractivity (Wildman–Crippen MR) is 110 cm³/mol. The summed E-state index contributed by atoms with van der Waals surface area (Å²) in [5.41, 5.74) is 3.02. The molecule has 3 heterocycles. The minimum Gasteiger partial charge on any atom is -0.481 e. The number of carbonyl (C=O) groups is 2. The van der Waals surface area contributed by atoms with E-state index in [1.165, 1.54) is 0 Å². The van der Waals surface area contributed by atoms with Gasteiger partial charge in [0.2, 0.25) is 5.91 Å². The molecule has 0 bridgehead atoms. The first-order chi connectivity index (χ1) is 14.0. The number of amides is 1. The lowest BCUT2D eigenvalue weighted by Crippen LogP contribution is -2.20. The molecule has 154 valence electrons. The minimum atomic E-state index is -0.791. The Bertz CT molecular complexity index is 852. The van der Waals surface area contributed by atoms with Gasteiger partial charge in [0, 0.05) is 24.5 Å². The first-order valence-corrected chi connectivity index (χ1v) is 10.3. The van der Waals surface area contributed by atoms with Gasteiger partial charge in [0.25, 0.3) is 0 Å². The van der Waals surface area contributed by atoms with E-state index < -0.39 is 5.97 Å². The predicted octanol–water partition coefficient (Wildman–Crippen LogP) is 3.82. The number of aliphatic carboxylic acids is 1. The molecule has 1 amide bonds. The smallest absolute Gasteiger partial charge is 0.303 e. The molecule has 3 rings (SSSR count). The van der Waals surface area contributed by atoms with Crippen LogP contribution in [0.1, 0.15) is 73.5 Å². The number of nitrogens with one attached hydrogen (secondary N) is 1. The molecule has 0 fully saturated rings. The van der Waals surface area contributed by atoms with Crippen molar-refractivity contribution >= 4 is 17.7 Å². The topological polar surface area (TPSA) is 105 Å². The van der Waals surface area contributed by atoms with E-state index in [9.17, 15) is 14.7 Å². The molecule has 1 aliphatic rings. The standard InChI is InChI=1S/C22H28N4O3/c1-15-23-13-18(14-24-15)17(12-21(28)29)6-4-2-3-5-7-19-10-8-16-9-11-20(27)26-22(16)25-19/h8,10,13-14,17H,2-7,9,11-12H2,1H3,(H,28,29)(H,25,26,27). The van der Waals surface area contributed by atoms with E-state index in [1.54, 1.807) is 12.4 Å². The first-order valence-electron chi connectivity index (χ1n) is 10.3. The number of carboxylic acids is 1. The fraction of sp³-hybridized carbons (Fsp3) is 0.500. The average molecular weight is 396 g/mol. The number of rotatable bonds is 10. The van der Waals surface area contributed by atoms with E-state index in [4.69, 9.17) is 0 Å². The number of pyridine rings is 1. The molecule has 0 aliphatic carbocycles. The normalized spacial score (nSPS) is 14.2. The van der Waals surface area contributed by atoms with Gasteiger partial charge in [-0.15, -0.1) is 0 Å². The Balaban J connectivity index is 1.41. The van der Waals surface area contributed by atoms with Crippen LogP contribution in [0.25, 0.3) is 0 Å². The molecule has 0 radical (unpaired) electrons. The van der Waals surface area contributed by atoms with Gasteiger partial charge in [0.15, 0.2) is 0 Å². The lowest BCUT2D eigenvalue weighted by molar-refractivity contribution is -0.137. The summed E-state index contributed by atoms with van der Waals surface area (Å²) < 4.78 is 0. The monoisotopic (exact) mass is 396 g/mol. The van der Waals surface area contributed by atoms with Crippen molar-refractivity contribution in [1.29, 1.82) is 0 Å². The van der Waals surface area contributed by atoms with Crippen LogP contribution < -0.4 is 5.32 Å². The van der Waals surface area contributed by atoms with Gasteiger partial charge >= 0.3 is 5.97 Å². The SMILES string of the molecule is Cc1ncc(C(CCCCCCc2ccc3c(n2)NC(=O)CC3)CC(=O)O)cn1. The molecule has 7 nitrogen and oxygen atoms in total. The van der Waals surface area contributed by atoms with Crippen LogP contribution in [0.15, 0.2) is 24.5 Å². The highest BCUT2D eigenvalue weighted by atomic mass is 16.4. The molecule has 0 aromatic carbocycles. The molecule has 7 heteroatoms. The van der Waals surface area contributed by atoms with Crippen LogP contribution in [-0.2, 0) is 22.4 Å². The largest absolute Gasteiger partial charge is 0.481 e. The van der Waals surface area contributed by atoms with Crippen molar-refractivity contribution in [2.24, 2.45) is 0 Å². The number of aromatic nitrogens is 3. The van der Waals surface area contributed by atoms with Crippen LogP contribution in [0.4, 0.5) is 5.82 Å². The molecule has 0 spiro atoms. The van der Waals surface area contributed by atoms with Gasteiger partial charge in [-0.25, -0.2) is 15.0 Å². The Morgan fingerprint density at radius 3 is 2.66 bits per heavy atom. The van der Waals surface area contributed by atoms with E-state index in [1.807, 2.05) is 6.92 Å². The summed E-state index contributed by atoms with van der Waals surface area (Å²) in [6.45, 7) is 1.82. The lowest BCUT2D eigenvalue weighted by atomic mass is 9.92. The van der Waals surface area contributed by atoms with Crippen LogP contribution in [0, 0.1) is 6.92 Å². The van der Waals surface area contributed by atoms with Gasteiger partial charge in [0.05, 0.1) is 6.42 Å². The maximum absolute atomic E-state index is 11.5. The molecule has 2 N–H and O–H groups in total. The Hall–Kier alpha value is -2.83. The molecule has 1 atom stereocenters. The van der Waals surface area contributed by atoms with Gasteiger partial charge in [0.1, 0.15) is 11.6 Å². The van der Waals surface area contributed by atoms with E-state index in [0.29, 0.717) is 12.2 Å². The zero-order chi connectivity index (χ0) is 20.6. The number of unbranched alkanes of at least 4 members (excludes halogenated alkanes) is 3. The summed E-state index contributed by atoms with van der Waals surface area (Å²) >= 11 is 0. The molecule has 29 heavy (non-hydrogen) atoms. The van der Waals surface area contributed by atoms with Crippen LogP contribution in [-0.4, -0.2) is 31.9 Å². The van der Waals surface area contributed by atoms with Crippen molar-refractivity contribution in [3.05, 3.63) is 47.2 Å². The van der Waals surface area contributed by atoms with Crippen molar-refractivity contribution in [2.75, 3.05) is 5.32 Å². The summed E-state index contributed by atoms with van der Waals surface area (Å²) in [4.78, 5) is 35.7. The Labute approximate surface area is 171 Å². The highest BCUT2D eigenvalue weighted by Crippen LogP contribution is 2.26. The Kier molecular flexibility index (Phi) is 7.27. The van der Waals surface area contributed by atoms with E-state index in [2.05, 4.69) is 32.4 Å². The molecular formula is C22H28N4O3. The summed E-state index contributed by atoms with van der Waals surface area (Å²) in [5, 5.41) is 12.0. The highest BCUT2D eigenvalue weighted by Gasteiger charge is 2.17. The van der Waals surface area contributed by atoms with Crippen molar-refractivity contribution < 1.29 is 14.7 Å². The van der Waals surface area contributed by atoms with Crippen LogP contribution in [0.5, 0.6) is 0 Å². The van der Waals surface area contributed by atoms with Crippen LogP contribution >= 0.6 is 0 Å².